The molecule has 1 heterocycles. The molecule has 0 amide bonds. The lowest BCUT2D eigenvalue weighted by molar-refractivity contribution is 0.154. The molecule has 3 N–H and O–H groups in total. The topological polar surface area (TPSA) is 56.2 Å². The van der Waals surface area contributed by atoms with Crippen molar-refractivity contribution in [2.75, 3.05) is 0 Å². The Morgan fingerprint density at radius 2 is 1.88 bits per heavy atom. The van der Waals surface area contributed by atoms with Gasteiger partial charge >= 0.3 is 0 Å². The first-order valence-corrected chi connectivity index (χ1v) is 9.10. The lowest BCUT2D eigenvalue weighted by Crippen LogP contribution is -2.41. The molecule has 1 aliphatic rings. The van der Waals surface area contributed by atoms with Crippen LogP contribution in [0.2, 0.25) is 0 Å². The summed E-state index contributed by atoms with van der Waals surface area (Å²) in [4.78, 5) is 3.11. The zero-order chi connectivity index (χ0) is 17.9. The summed E-state index contributed by atoms with van der Waals surface area (Å²) in [6.45, 7) is 4.26. The summed E-state index contributed by atoms with van der Waals surface area (Å²) < 4.78 is 0. The smallest absolute Gasteiger partial charge is 0.122 e. The van der Waals surface area contributed by atoms with Crippen LogP contribution in [0, 0.1) is 0 Å². The Morgan fingerprint density at radius 3 is 2.52 bits per heavy atom. The maximum atomic E-state index is 11.3. The standard InChI is InChI=1S/C22H27NO2/c1-3-4-6-11-17-14-19(24)20(16-9-7-5-8-10-16)21(25)22(17,2)18-12-13-23-15-18/h5,7-10,12-15,21,23-25H,3-4,6,11H2,1-2H3. The van der Waals surface area contributed by atoms with Crippen molar-refractivity contribution in [1.82, 2.24) is 4.98 Å². The number of aromatic nitrogens is 1. The van der Waals surface area contributed by atoms with E-state index in [0.717, 1.165) is 42.4 Å². The van der Waals surface area contributed by atoms with E-state index in [0.29, 0.717) is 5.57 Å². The monoisotopic (exact) mass is 337 g/mol. The molecule has 0 saturated carbocycles. The average Bonchev–Trinajstić information content (AvgIpc) is 3.15. The molecule has 25 heavy (non-hydrogen) atoms. The molecular weight excluding hydrogens is 310 g/mol. The molecule has 0 aliphatic heterocycles. The molecule has 0 bridgehead atoms. The van der Waals surface area contributed by atoms with E-state index in [1.54, 1.807) is 0 Å². The third kappa shape index (κ3) is 3.16. The van der Waals surface area contributed by atoms with Crippen LogP contribution in [-0.4, -0.2) is 21.3 Å². The molecule has 0 saturated heterocycles. The van der Waals surface area contributed by atoms with E-state index in [9.17, 15) is 10.2 Å². The van der Waals surface area contributed by atoms with Gasteiger partial charge in [-0.25, -0.2) is 0 Å². The first-order valence-electron chi connectivity index (χ1n) is 9.10. The summed E-state index contributed by atoms with van der Waals surface area (Å²) in [5.74, 6) is 0.179. The van der Waals surface area contributed by atoms with Gasteiger partial charge in [0, 0.05) is 23.4 Å². The van der Waals surface area contributed by atoms with Gasteiger partial charge in [0.05, 0.1) is 6.10 Å². The molecule has 3 rings (SSSR count). The molecule has 1 aromatic carbocycles. The molecule has 2 unspecified atom stereocenters. The van der Waals surface area contributed by atoms with Crippen LogP contribution in [0.4, 0.5) is 0 Å². The molecule has 1 aliphatic carbocycles. The number of hydrogen-bond acceptors (Lipinski definition) is 2. The zero-order valence-electron chi connectivity index (χ0n) is 15.0. The van der Waals surface area contributed by atoms with Gasteiger partial charge in [-0.05, 0) is 43.0 Å². The van der Waals surface area contributed by atoms with E-state index >= 15 is 0 Å². The highest BCUT2D eigenvalue weighted by Crippen LogP contribution is 2.47. The van der Waals surface area contributed by atoms with Crippen molar-refractivity contribution < 1.29 is 10.2 Å². The normalized spacial score (nSPS) is 23.6. The number of allylic oxidation sites excluding steroid dienone is 1. The van der Waals surface area contributed by atoms with Crippen molar-refractivity contribution in [1.29, 1.82) is 0 Å². The van der Waals surface area contributed by atoms with Crippen LogP contribution in [0.5, 0.6) is 0 Å². The molecule has 132 valence electrons. The predicted octanol–water partition coefficient (Wildman–Crippen LogP) is 5.12. The SMILES string of the molecule is CCCCCC1=CC(O)=C(c2ccccc2)C(O)C1(C)c1cc[nH]c1. The highest BCUT2D eigenvalue weighted by Gasteiger charge is 2.44. The van der Waals surface area contributed by atoms with Gasteiger partial charge < -0.3 is 15.2 Å². The van der Waals surface area contributed by atoms with Crippen LogP contribution < -0.4 is 0 Å². The van der Waals surface area contributed by atoms with Gasteiger partial charge in [0.2, 0.25) is 0 Å². The molecule has 3 heteroatoms. The van der Waals surface area contributed by atoms with Gasteiger partial charge in [-0.2, -0.15) is 0 Å². The van der Waals surface area contributed by atoms with Crippen LogP contribution in [0.25, 0.3) is 5.57 Å². The van der Waals surface area contributed by atoms with E-state index in [4.69, 9.17) is 0 Å². The fraction of sp³-hybridized carbons (Fsp3) is 0.364. The van der Waals surface area contributed by atoms with Crippen LogP contribution in [0.15, 0.2) is 66.2 Å². The summed E-state index contributed by atoms with van der Waals surface area (Å²) >= 11 is 0. The summed E-state index contributed by atoms with van der Waals surface area (Å²) in [6.07, 6.45) is 9.13. The first-order chi connectivity index (χ1) is 12.1. The minimum atomic E-state index is -0.799. The predicted molar refractivity (Wildman–Crippen MR) is 102 cm³/mol. The van der Waals surface area contributed by atoms with Crippen molar-refractivity contribution in [2.45, 2.75) is 51.0 Å². The van der Waals surface area contributed by atoms with E-state index in [1.807, 2.05) is 54.9 Å². The molecule has 0 fully saturated rings. The van der Waals surface area contributed by atoms with E-state index in [-0.39, 0.29) is 5.76 Å². The Morgan fingerprint density at radius 1 is 1.12 bits per heavy atom. The summed E-state index contributed by atoms with van der Waals surface area (Å²) in [6, 6.07) is 11.7. The number of aliphatic hydroxyl groups excluding tert-OH is 2. The first kappa shape index (κ1) is 17.6. The minimum Gasteiger partial charge on any atom is -0.508 e. The second kappa shape index (κ2) is 7.32. The van der Waals surface area contributed by atoms with Gasteiger partial charge in [0.15, 0.2) is 0 Å². The molecule has 3 nitrogen and oxygen atoms in total. The van der Waals surface area contributed by atoms with Gasteiger partial charge in [0.1, 0.15) is 5.76 Å². The largest absolute Gasteiger partial charge is 0.508 e. The number of hydrogen-bond donors (Lipinski definition) is 3. The summed E-state index contributed by atoms with van der Waals surface area (Å²) in [7, 11) is 0. The number of unbranched alkanes of at least 4 members (excludes halogenated alkanes) is 2. The number of benzene rings is 1. The number of aliphatic hydroxyl groups is 2. The third-order valence-electron chi connectivity index (χ3n) is 5.41. The Hall–Kier alpha value is -2.26. The molecule has 0 radical (unpaired) electrons. The van der Waals surface area contributed by atoms with E-state index in [2.05, 4.69) is 18.8 Å². The zero-order valence-corrected chi connectivity index (χ0v) is 15.0. The molecule has 2 atom stereocenters. The molecule has 0 spiro atoms. The van der Waals surface area contributed by atoms with Gasteiger partial charge in [-0.3, -0.25) is 0 Å². The Labute approximate surface area is 149 Å². The lowest BCUT2D eigenvalue weighted by Gasteiger charge is -2.41. The van der Waals surface area contributed by atoms with Crippen LogP contribution in [-0.2, 0) is 5.41 Å². The van der Waals surface area contributed by atoms with Gasteiger partial charge in [0.25, 0.3) is 0 Å². The summed E-state index contributed by atoms with van der Waals surface area (Å²) in [5, 5.41) is 22.0. The highest BCUT2D eigenvalue weighted by molar-refractivity contribution is 5.77. The third-order valence-corrected chi connectivity index (χ3v) is 5.41. The number of nitrogens with one attached hydrogen (secondary N) is 1. The van der Waals surface area contributed by atoms with Crippen molar-refractivity contribution in [3.05, 3.63) is 77.3 Å². The Balaban J connectivity index is 2.09. The minimum absolute atomic E-state index is 0.179. The van der Waals surface area contributed by atoms with Crippen molar-refractivity contribution in [3.8, 4) is 0 Å². The molecular formula is C22H27NO2. The number of H-pyrrole nitrogens is 1. The van der Waals surface area contributed by atoms with Crippen LogP contribution in [0.3, 0.4) is 0 Å². The maximum Gasteiger partial charge on any atom is 0.122 e. The van der Waals surface area contributed by atoms with E-state index < -0.39 is 11.5 Å². The van der Waals surface area contributed by atoms with Crippen LogP contribution >= 0.6 is 0 Å². The quantitative estimate of drug-likeness (QED) is 0.641. The fourth-order valence-corrected chi connectivity index (χ4v) is 3.81. The Kier molecular flexibility index (Phi) is 5.14. The summed E-state index contributed by atoms with van der Waals surface area (Å²) in [5.41, 5.74) is 3.04. The lowest BCUT2D eigenvalue weighted by atomic mass is 9.65. The van der Waals surface area contributed by atoms with E-state index in [1.165, 1.54) is 0 Å². The molecule has 1 aromatic heterocycles. The number of rotatable bonds is 6. The second-order valence-electron chi connectivity index (χ2n) is 7.00. The highest BCUT2D eigenvalue weighted by atomic mass is 16.3. The van der Waals surface area contributed by atoms with Crippen molar-refractivity contribution in [2.24, 2.45) is 0 Å². The molecule has 2 aromatic rings. The average molecular weight is 337 g/mol. The van der Waals surface area contributed by atoms with Gasteiger partial charge in [-0.1, -0.05) is 55.7 Å². The van der Waals surface area contributed by atoms with Crippen LogP contribution in [0.1, 0.15) is 50.7 Å². The second-order valence-corrected chi connectivity index (χ2v) is 7.00. The number of aromatic amines is 1. The maximum absolute atomic E-state index is 11.3. The van der Waals surface area contributed by atoms with Crippen molar-refractivity contribution in [3.63, 3.8) is 0 Å². The Bertz CT molecular complexity index is 759. The van der Waals surface area contributed by atoms with Crippen molar-refractivity contribution >= 4 is 5.57 Å². The fourth-order valence-electron chi connectivity index (χ4n) is 3.81. The van der Waals surface area contributed by atoms with Gasteiger partial charge in [-0.15, -0.1) is 0 Å².